The highest BCUT2D eigenvalue weighted by atomic mass is 16.2. The van der Waals surface area contributed by atoms with Crippen LogP contribution in [0.2, 0.25) is 0 Å². The van der Waals surface area contributed by atoms with Crippen LogP contribution in [-0.4, -0.2) is 59.0 Å². The molecule has 25 heavy (non-hydrogen) atoms. The van der Waals surface area contributed by atoms with E-state index in [1.807, 2.05) is 6.07 Å². The maximum atomic E-state index is 12.6. The van der Waals surface area contributed by atoms with Crippen molar-refractivity contribution in [3.63, 3.8) is 0 Å². The van der Waals surface area contributed by atoms with Crippen LogP contribution in [0.15, 0.2) is 18.5 Å². The number of amides is 1. The van der Waals surface area contributed by atoms with Gasteiger partial charge in [0.15, 0.2) is 0 Å². The molecule has 136 valence electrons. The first kappa shape index (κ1) is 16.8. The third-order valence-electron chi connectivity index (χ3n) is 6.33. The monoisotopic (exact) mass is 343 g/mol. The molecule has 1 amide bonds. The average molecular weight is 343 g/mol. The van der Waals surface area contributed by atoms with E-state index in [-0.39, 0.29) is 17.4 Å². The summed E-state index contributed by atoms with van der Waals surface area (Å²) in [6.45, 7) is 9.50. The van der Waals surface area contributed by atoms with Crippen LogP contribution in [0.25, 0.3) is 0 Å². The zero-order valence-electron chi connectivity index (χ0n) is 15.3. The molecule has 0 aliphatic carbocycles. The van der Waals surface area contributed by atoms with Crippen LogP contribution in [0, 0.1) is 17.8 Å². The largest absolute Gasteiger partial charge is 0.350 e. The van der Waals surface area contributed by atoms with Gasteiger partial charge >= 0.3 is 0 Å². The van der Waals surface area contributed by atoms with E-state index in [0.29, 0.717) is 5.92 Å². The summed E-state index contributed by atoms with van der Waals surface area (Å²) in [4.78, 5) is 26.1. The summed E-state index contributed by atoms with van der Waals surface area (Å²) in [5.41, 5.74) is -0.0143. The summed E-state index contributed by atoms with van der Waals surface area (Å²) in [5, 5.41) is 3.40. The summed E-state index contributed by atoms with van der Waals surface area (Å²) in [7, 11) is 0. The number of rotatable bonds is 4. The SMILES string of the molecule is CC(C)CCN1CC2C(=O)NC3(CCN(c4ncccn4)CC3)C2C1. The molecule has 1 spiro atoms. The molecule has 1 aromatic rings. The van der Waals surface area contributed by atoms with Crippen LogP contribution in [0.5, 0.6) is 0 Å². The fraction of sp³-hybridized carbons (Fsp3) is 0.737. The van der Waals surface area contributed by atoms with Crippen LogP contribution in [0.3, 0.4) is 0 Å². The minimum absolute atomic E-state index is 0.0143. The highest BCUT2D eigenvalue weighted by Gasteiger charge is 2.57. The van der Waals surface area contributed by atoms with Gasteiger partial charge in [0.05, 0.1) is 5.92 Å². The lowest BCUT2D eigenvalue weighted by molar-refractivity contribution is -0.123. The van der Waals surface area contributed by atoms with E-state index in [1.54, 1.807) is 12.4 Å². The normalized spacial score (nSPS) is 28.6. The fourth-order valence-corrected chi connectivity index (χ4v) is 4.82. The molecule has 2 unspecified atom stereocenters. The fourth-order valence-electron chi connectivity index (χ4n) is 4.82. The predicted octanol–water partition coefficient (Wildman–Crippen LogP) is 1.54. The average Bonchev–Trinajstić information content (AvgIpc) is 3.15. The number of anilines is 1. The Bertz CT molecular complexity index is 612. The van der Waals surface area contributed by atoms with Crippen molar-refractivity contribution < 1.29 is 4.79 Å². The number of piperidine rings is 1. The molecular weight excluding hydrogens is 314 g/mol. The van der Waals surface area contributed by atoms with Gasteiger partial charge in [-0.2, -0.15) is 0 Å². The van der Waals surface area contributed by atoms with Gasteiger partial charge in [-0.3, -0.25) is 4.79 Å². The molecule has 0 bridgehead atoms. The number of fused-ring (bicyclic) bond motifs is 2. The van der Waals surface area contributed by atoms with Crippen molar-refractivity contribution in [2.24, 2.45) is 17.8 Å². The first-order valence-electron chi connectivity index (χ1n) is 9.64. The Hall–Kier alpha value is -1.69. The van der Waals surface area contributed by atoms with E-state index in [1.165, 1.54) is 6.42 Å². The molecule has 1 N–H and O–H groups in total. The van der Waals surface area contributed by atoms with Crippen molar-refractivity contribution in [1.82, 2.24) is 20.2 Å². The molecule has 0 aromatic carbocycles. The molecule has 4 heterocycles. The van der Waals surface area contributed by atoms with E-state index >= 15 is 0 Å². The first-order chi connectivity index (χ1) is 12.1. The first-order valence-corrected chi connectivity index (χ1v) is 9.64. The number of carbonyl (C=O) groups excluding carboxylic acids is 1. The third kappa shape index (κ3) is 3.12. The molecule has 2 atom stereocenters. The van der Waals surface area contributed by atoms with Crippen molar-refractivity contribution in [3.05, 3.63) is 18.5 Å². The Balaban J connectivity index is 1.42. The Morgan fingerprint density at radius 3 is 2.64 bits per heavy atom. The standard InChI is InChI=1S/C19H29N5O/c1-14(2)4-9-23-12-15-16(13-23)19(22-17(15)25)5-10-24(11-6-19)18-20-7-3-8-21-18/h3,7-8,14-16H,4-6,9-13H2,1-2H3,(H,22,25). The van der Waals surface area contributed by atoms with Crippen LogP contribution < -0.4 is 10.2 Å². The van der Waals surface area contributed by atoms with Gasteiger partial charge in [0.25, 0.3) is 0 Å². The Labute approximate surface area is 150 Å². The lowest BCUT2D eigenvalue weighted by Gasteiger charge is -2.42. The number of aromatic nitrogens is 2. The molecule has 3 fully saturated rings. The summed E-state index contributed by atoms with van der Waals surface area (Å²) in [5.74, 6) is 2.46. The maximum Gasteiger partial charge on any atom is 0.225 e. The lowest BCUT2D eigenvalue weighted by atomic mass is 9.75. The van der Waals surface area contributed by atoms with Gasteiger partial charge in [0, 0.05) is 50.0 Å². The molecule has 0 radical (unpaired) electrons. The molecule has 3 aliphatic heterocycles. The van der Waals surface area contributed by atoms with E-state index < -0.39 is 0 Å². The molecular formula is C19H29N5O. The second-order valence-electron chi connectivity index (χ2n) is 8.34. The van der Waals surface area contributed by atoms with Crippen LogP contribution in [-0.2, 0) is 4.79 Å². The topological polar surface area (TPSA) is 61.4 Å². The van der Waals surface area contributed by atoms with Crippen molar-refractivity contribution in [1.29, 1.82) is 0 Å². The van der Waals surface area contributed by atoms with Gasteiger partial charge in [-0.25, -0.2) is 9.97 Å². The molecule has 4 rings (SSSR count). The summed E-state index contributed by atoms with van der Waals surface area (Å²) >= 11 is 0. The highest BCUT2D eigenvalue weighted by molar-refractivity contribution is 5.83. The van der Waals surface area contributed by atoms with E-state index in [9.17, 15) is 4.79 Å². The number of likely N-dealkylation sites (tertiary alicyclic amines) is 1. The zero-order chi connectivity index (χ0) is 17.4. The number of carbonyl (C=O) groups is 1. The van der Waals surface area contributed by atoms with Crippen LogP contribution in [0.1, 0.15) is 33.1 Å². The van der Waals surface area contributed by atoms with E-state index in [4.69, 9.17) is 0 Å². The summed E-state index contributed by atoms with van der Waals surface area (Å²) in [6.07, 6.45) is 6.80. The highest BCUT2D eigenvalue weighted by Crippen LogP contribution is 2.44. The minimum atomic E-state index is -0.0143. The summed E-state index contributed by atoms with van der Waals surface area (Å²) < 4.78 is 0. The van der Waals surface area contributed by atoms with E-state index in [2.05, 4.69) is 38.9 Å². The molecule has 0 saturated carbocycles. The molecule has 6 heteroatoms. The quantitative estimate of drug-likeness (QED) is 0.899. The number of hydrogen-bond acceptors (Lipinski definition) is 5. The van der Waals surface area contributed by atoms with Gasteiger partial charge in [-0.05, 0) is 37.8 Å². The van der Waals surface area contributed by atoms with Crippen molar-refractivity contribution in [3.8, 4) is 0 Å². The summed E-state index contributed by atoms with van der Waals surface area (Å²) in [6, 6.07) is 1.85. The maximum absolute atomic E-state index is 12.6. The van der Waals surface area contributed by atoms with E-state index in [0.717, 1.165) is 57.4 Å². The van der Waals surface area contributed by atoms with Gasteiger partial charge < -0.3 is 15.1 Å². The van der Waals surface area contributed by atoms with Gasteiger partial charge in [0.1, 0.15) is 0 Å². The van der Waals surface area contributed by atoms with Crippen LogP contribution >= 0.6 is 0 Å². The van der Waals surface area contributed by atoms with Crippen molar-refractivity contribution in [2.45, 2.75) is 38.6 Å². The van der Waals surface area contributed by atoms with Crippen LogP contribution in [0.4, 0.5) is 5.95 Å². The number of nitrogens with one attached hydrogen (secondary N) is 1. The predicted molar refractivity (Wildman–Crippen MR) is 97.2 cm³/mol. The smallest absolute Gasteiger partial charge is 0.225 e. The van der Waals surface area contributed by atoms with Gasteiger partial charge in [0.2, 0.25) is 11.9 Å². The lowest BCUT2D eigenvalue weighted by Crippen LogP contribution is -2.55. The Kier molecular flexibility index (Phi) is 4.40. The Morgan fingerprint density at radius 2 is 1.96 bits per heavy atom. The van der Waals surface area contributed by atoms with Crippen molar-refractivity contribution in [2.75, 3.05) is 37.6 Å². The molecule has 1 aromatic heterocycles. The number of nitrogens with zero attached hydrogens (tertiary/aromatic N) is 4. The Morgan fingerprint density at radius 1 is 1.24 bits per heavy atom. The second kappa shape index (κ2) is 6.56. The molecule has 3 aliphatic rings. The minimum Gasteiger partial charge on any atom is -0.350 e. The van der Waals surface area contributed by atoms with Gasteiger partial charge in [-0.15, -0.1) is 0 Å². The van der Waals surface area contributed by atoms with Crippen molar-refractivity contribution >= 4 is 11.9 Å². The zero-order valence-corrected chi connectivity index (χ0v) is 15.3. The molecule has 6 nitrogen and oxygen atoms in total. The molecule has 3 saturated heterocycles. The second-order valence-corrected chi connectivity index (χ2v) is 8.34. The number of hydrogen-bond donors (Lipinski definition) is 1. The third-order valence-corrected chi connectivity index (χ3v) is 6.33. The van der Waals surface area contributed by atoms with Gasteiger partial charge in [-0.1, -0.05) is 13.8 Å².